The molecule has 2 aliphatic rings. The highest BCUT2D eigenvalue weighted by Crippen LogP contribution is 2.46. The van der Waals surface area contributed by atoms with Gasteiger partial charge in [-0.2, -0.15) is 0 Å². The molecular formula is C18H28N2. The van der Waals surface area contributed by atoms with E-state index in [0.717, 1.165) is 6.54 Å². The minimum Gasteiger partial charge on any atom is -0.308 e. The molecule has 0 heterocycles. The first-order valence-corrected chi connectivity index (χ1v) is 7.93. The van der Waals surface area contributed by atoms with Gasteiger partial charge in [-0.3, -0.25) is 0 Å². The molecule has 3 rings (SSSR count). The molecule has 1 aromatic carbocycles. The number of hydrogen-bond acceptors (Lipinski definition) is 2. The first-order valence-electron chi connectivity index (χ1n) is 7.93. The van der Waals surface area contributed by atoms with Crippen molar-refractivity contribution in [2.45, 2.75) is 51.1 Å². The van der Waals surface area contributed by atoms with Crippen molar-refractivity contribution in [2.24, 2.45) is 5.41 Å². The Morgan fingerprint density at radius 2 is 1.90 bits per heavy atom. The van der Waals surface area contributed by atoms with Crippen molar-refractivity contribution < 1.29 is 0 Å². The third-order valence-corrected chi connectivity index (χ3v) is 5.66. The molecule has 1 atom stereocenters. The summed E-state index contributed by atoms with van der Waals surface area (Å²) in [6.07, 6.45) is 5.24. The number of hydrogen-bond donors (Lipinski definition) is 1. The highest BCUT2D eigenvalue weighted by Gasteiger charge is 2.43. The van der Waals surface area contributed by atoms with Gasteiger partial charge in [0.1, 0.15) is 0 Å². The highest BCUT2D eigenvalue weighted by molar-refractivity contribution is 5.37. The van der Waals surface area contributed by atoms with E-state index in [0.29, 0.717) is 17.0 Å². The van der Waals surface area contributed by atoms with Crippen molar-refractivity contribution in [2.75, 3.05) is 20.6 Å². The molecular weight excluding hydrogens is 244 g/mol. The number of nitrogens with one attached hydrogen (secondary N) is 1. The fourth-order valence-electron chi connectivity index (χ4n) is 4.04. The summed E-state index contributed by atoms with van der Waals surface area (Å²) in [4.78, 5) is 2.43. The summed E-state index contributed by atoms with van der Waals surface area (Å²) in [5.74, 6) is 0. The largest absolute Gasteiger partial charge is 0.308 e. The molecule has 1 fully saturated rings. The molecule has 2 nitrogen and oxygen atoms in total. The summed E-state index contributed by atoms with van der Waals surface area (Å²) >= 11 is 0. The van der Waals surface area contributed by atoms with E-state index in [4.69, 9.17) is 0 Å². The third kappa shape index (κ3) is 2.19. The van der Waals surface area contributed by atoms with Gasteiger partial charge < -0.3 is 10.2 Å². The Hall–Kier alpha value is -0.860. The Kier molecular flexibility index (Phi) is 3.42. The van der Waals surface area contributed by atoms with E-state index in [1.807, 2.05) is 0 Å². The van der Waals surface area contributed by atoms with Crippen LogP contribution in [0.1, 0.15) is 50.3 Å². The second-order valence-corrected chi connectivity index (χ2v) is 7.65. The molecule has 1 N–H and O–H groups in total. The zero-order valence-corrected chi connectivity index (χ0v) is 13.4. The lowest BCUT2D eigenvalue weighted by molar-refractivity contribution is 0.0519. The minimum absolute atomic E-state index is 0.320. The highest BCUT2D eigenvalue weighted by atomic mass is 15.2. The van der Waals surface area contributed by atoms with Crippen LogP contribution in [0.5, 0.6) is 0 Å². The molecule has 0 aliphatic heterocycles. The number of nitrogens with zero attached hydrogens (tertiary/aromatic N) is 1. The molecule has 1 aromatic rings. The molecule has 1 saturated carbocycles. The monoisotopic (exact) mass is 272 g/mol. The number of fused-ring (bicyclic) bond motifs is 1. The molecule has 0 radical (unpaired) electrons. The van der Waals surface area contributed by atoms with Crippen LogP contribution in [0, 0.1) is 5.41 Å². The lowest BCUT2D eigenvalue weighted by atomic mass is 9.75. The molecule has 20 heavy (non-hydrogen) atoms. The van der Waals surface area contributed by atoms with Crippen molar-refractivity contribution in [1.82, 2.24) is 10.2 Å². The average Bonchev–Trinajstić information content (AvgIpc) is 2.58. The molecule has 0 bridgehead atoms. The number of rotatable bonds is 4. The van der Waals surface area contributed by atoms with Crippen molar-refractivity contribution in [3.8, 4) is 0 Å². The fraction of sp³-hybridized carbons (Fsp3) is 0.667. The predicted molar refractivity (Wildman–Crippen MR) is 84.9 cm³/mol. The van der Waals surface area contributed by atoms with E-state index in [1.54, 1.807) is 0 Å². The van der Waals surface area contributed by atoms with Crippen molar-refractivity contribution in [3.63, 3.8) is 0 Å². The van der Waals surface area contributed by atoms with Gasteiger partial charge in [0.05, 0.1) is 0 Å². The summed E-state index contributed by atoms with van der Waals surface area (Å²) in [5.41, 5.74) is 3.77. The summed E-state index contributed by atoms with van der Waals surface area (Å²) in [6, 6.07) is 9.45. The summed E-state index contributed by atoms with van der Waals surface area (Å²) in [7, 11) is 4.46. The van der Waals surface area contributed by atoms with Gasteiger partial charge in [-0.1, -0.05) is 38.1 Å². The summed E-state index contributed by atoms with van der Waals surface area (Å²) in [5, 5.41) is 3.91. The van der Waals surface area contributed by atoms with Gasteiger partial charge in [-0.15, -0.1) is 0 Å². The van der Waals surface area contributed by atoms with Crippen LogP contribution in [0.25, 0.3) is 0 Å². The van der Waals surface area contributed by atoms with Gasteiger partial charge >= 0.3 is 0 Å². The van der Waals surface area contributed by atoms with Gasteiger partial charge in [0.2, 0.25) is 0 Å². The van der Waals surface area contributed by atoms with Crippen LogP contribution in [-0.4, -0.2) is 31.1 Å². The van der Waals surface area contributed by atoms with Crippen LogP contribution in [-0.2, 0) is 6.42 Å². The van der Waals surface area contributed by atoms with E-state index >= 15 is 0 Å². The van der Waals surface area contributed by atoms with Crippen LogP contribution in [0.2, 0.25) is 0 Å². The van der Waals surface area contributed by atoms with Crippen LogP contribution < -0.4 is 5.32 Å². The lowest BCUT2D eigenvalue weighted by Crippen LogP contribution is -2.57. The maximum Gasteiger partial charge on any atom is 0.0378 e. The van der Waals surface area contributed by atoms with Crippen LogP contribution in [0.15, 0.2) is 24.3 Å². The number of benzene rings is 1. The Labute approximate surface area is 123 Å². The van der Waals surface area contributed by atoms with Crippen molar-refractivity contribution >= 4 is 0 Å². The van der Waals surface area contributed by atoms with Gasteiger partial charge in [0.25, 0.3) is 0 Å². The fourth-order valence-corrected chi connectivity index (χ4v) is 4.04. The van der Waals surface area contributed by atoms with Gasteiger partial charge in [-0.25, -0.2) is 0 Å². The van der Waals surface area contributed by atoms with Gasteiger partial charge in [0, 0.05) is 18.1 Å². The SMILES string of the molecule is CN(C)C1(CNC2c3ccccc3CC2(C)C)CCC1. The van der Waals surface area contributed by atoms with Crippen LogP contribution >= 0.6 is 0 Å². The quantitative estimate of drug-likeness (QED) is 0.904. The molecule has 0 aromatic heterocycles. The van der Waals surface area contributed by atoms with Crippen LogP contribution in [0.3, 0.4) is 0 Å². The normalized spacial score (nSPS) is 26.4. The average molecular weight is 272 g/mol. The van der Waals surface area contributed by atoms with E-state index in [1.165, 1.54) is 36.8 Å². The Bertz CT molecular complexity index is 486. The zero-order chi connectivity index (χ0) is 14.4. The molecule has 2 heteroatoms. The minimum atomic E-state index is 0.320. The summed E-state index contributed by atoms with van der Waals surface area (Å²) in [6.45, 7) is 5.91. The second-order valence-electron chi connectivity index (χ2n) is 7.65. The second kappa shape index (κ2) is 4.85. The van der Waals surface area contributed by atoms with E-state index in [2.05, 4.69) is 62.4 Å². The first-order chi connectivity index (χ1) is 9.45. The molecule has 0 saturated heterocycles. The maximum absolute atomic E-state index is 3.91. The van der Waals surface area contributed by atoms with E-state index < -0.39 is 0 Å². The van der Waals surface area contributed by atoms with Gasteiger partial charge in [0.15, 0.2) is 0 Å². The Balaban J connectivity index is 1.76. The topological polar surface area (TPSA) is 15.3 Å². The van der Waals surface area contributed by atoms with Crippen molar-refractivity contribution in [1.29, 1.82) is 0 Å². The first kappa shape index (κ1) is 14.1. The van der Waals surface area contributed by atoms with Gasteiger partial charge in [-0.05, 0) is 56.3 Å². The standard InChI is InChI=1S/C18H28N2/c1-17(2)12-14-8-5-6-9-15(14)16(17)19-13-18(20(3)4)10-7-11-18/h5-6,8-9,16,19H,7,10-13H2,1-4H3. The third-order valence-electron chi connectivity index (χ3n) is 5.66. The smallest absolute Gasteiger partial charge is 0.0378 e. The maximum atomic E-state index is 3.91. The molecule has 2 aliphatic carbocycles. The Morgan fingerprint density at radius 3 is 2.50 bits per heavy atom. The molecule has 110 valence electrons. The molecule has 0 spiro atoms. The zero-order valence-electron chi connectivity index (χ0n) is 13.4. The summed E-state index contributed by atoms with van der Waals surface area (Å²) < 4.78 is 0. The van der Waals surface area contributed by atoms with E-state index in [-0.39, 0.29) is 0 Å². The van der Waals surface area contributed by atoms with Crippen molar-refractivity contribution in [3.05, 3.63) is 35.4 Å². The predicted octanol–water partition coefficient (Wildman–Crippen LogP) is 3.38. The Morgan fingerprint density at radius 1 is 1.20 bits per heavy atom. The molecule has 0 amide bonds. The van der Waals surface area contributed by atoms with Crippen LogP contribution in [0.4, 0.5) is 0 Å². The lowest BCUT2D eigenvalue weighted by Gasteiger charge is -2.48. The van der Waals surface area contributed by atoms with E-state index in [9.17, 15) is 0 Å². The number of likely N-dealkylation sites (N-methyl/N-ethyl adjacent to an activating group) is 1. The molecule has 1 unspecified atom stereocenters.